The van der Waals surface area contributed by atoms with Crippen LogP contribution in [0, 0.1) is 23.1 Å². The summed E-state index contributed by atoms with van der Waals surface area (Å²) in [7, 11) is 1.75. The minimum atomic E-state index is -0.381. The third-order valence-electron chi connectivity index (χ3n) is 4.82. The standard InChI is InChI=1S/C20H21FN4O2/c1-24-12-15(10-22)9-18(24)20(27)25-8-2-3-14(13-25)11-23-19(26)16-4-6-17(21)7-5-16/h4-7,9,12,14H,2-3,8,11,13H2,1H3,(H,23,26)/t14-/m0/s1. The van der Waals surface area contributed by atoms with E-state index < -0.39 is 0 Å². The molecule has 0 radical (unpaired) electrons. The maximum atomic E-state index is 12.9. The van der Waals surface area contributed by atoms with E-state index in [0.717, 1.165) is 12.8 Å². The summed E-state index contributed by atoms with van der Waals surface area (Å²) >= 11 is 0. The van der Waals surface area contributed by atoms with Gasteiger partial charge in [0.2, 0.25) is 0 Å². The average Bonchev–Trinajstić information content (AvgIpc) is 3.07. The summed E-state index contributed by atoms with van der Waals surface area (Å²) < 4.78 is 14.6. The smallest absolute Gasteiger partial charge is 0.270 e. The molecule has 1 aliphatic rings. The topological polar surface area (TPSA) is 78.1 Å². The molecule has 0 aliphatic carbocycles. The number of halogens is 1. The van der Waals surface area contributed by atoms with Gasteiger partial charge in [-0.3, -0.25) is 9.59 Å². The number of carbonyl (C=O) groups excluding carboxylic acids is 2. The Labute approximate surface area is 157 Å². The molecule has 0 unspecified atom stereocenters. The first-order valence-corrected chi connectivity index (χ1v) is 8.87. The van der Waals surface area contributed by atoms with Gasteiger partial charge in [-0.05, 0) is 49.1 Å². The zero-order valence-electron chi connectivity index (χ0n) is 15.1. The van der Waals surface area contributed by atoms with Gasteiger partial charge in [0.05, 0.1) is 5.56 Å². The van der Waals surface area contributed by atoms with Crippen LogP contribution >= 0.6 is 0 Å². The van der Waals surface area contributed by atoms with Crippen molar-refractivity contribution < 1.29 is 14.0 Å². The summed E-state index contributed by atoms with van der Waals surface area (Å²) in [6.07, 6.45) is 3.42. The van der Waals surface area contributed by atoms with E-state index in [1.54, 1.807) is 28.8 Å². The van der Waals surface area contributed by atoms with Crippen LogP contribution in [0.1, 0.15) is 39.3 Å². The van der Waals surface area contributed by atoms with Crippen molar-refractivity contribution in [2.24, 2.45) is 13.0 Å². The van der Waals surface area contributed by atoms with E-state index in [1.807, 2.05) is 6.07 Å². The molecule has 0 saturated carbocycles. The summed E-state index contributed by atoms with van der Waals surface area (Å²) in [4.78, 5) is 26.7. The molecule has 1 aromatic heterocycles. The molecular weight excluding hydrogens is 347 g/mol. The van der Waals surface area contributed by atoms with Gasteiger partial charge in [-0.2, -0.15) is 5.26 Å². The molecule has 7 heteroatoms. The van der Waals surface area contributed by atoms with Gasteiger partial charge in [-0.15, -0.1) is 0 Å². The number of piperidine rings is 1. The van der Waals surface area contributed by atoms with E-state index in [9.17, 15) is 14.0 Å². The Morgan fingerprint density at radius 1 is 1.33 bits per heavy atom. The van der Waals surface area contributed by atoms with Crippen molar-refractivity contribution in [1.82, 2.24) is 14.8 Å². The fourth-order valence-corrected chi connectivity index (χ4v) is 3.36. The number of likely N-dealkylation sites (tertiary alicyclic amines) is 1. The molecule has 1 aromatic carbocycles. The van der Waals surface area contributed by atoms with Gasteiger partial charge >= 0.3 is 0 Å². The normalized spacial score (nSPS) is 16.6. The van der Waals surface area contributed by atoms with Crippen molar-refractivity contribution in [3.05, 3.63) is 59.2 Å². The third-order valence-corrected chi connectivity index (χ3v) is 4.82. The number of aryl methyl sites for hydroxylation is 1. The summed E-state index contributed by atoms with van der Waals surface area (Å²) in [5.41, 5.74) is 1.36. The van der Waals surface area contributed by atoms with E-state index in [1.165, 1.54) is 24.3 Å². The maximum Gasteiger partial charge on any atom is 0.270 e. The monoisotopic (exact) mass is 368 g/mol. The van der Waals surface area contributed by atoms with Crippen LogP contribution < -0.4 is 5.32 Å². The molecule has 1 saturated heterocycles. The Morgan fingerprint density at radius 3 is 2.74 bits per heavy atom. The number of carbonyl (C=O) groups is 2. The number of hydrogen-bond donors (Lipinski definition) is 1. The fourth-order valence-electron chi connectivity index (χ4n) is 3.36. The first kappa shape index (κ1) is 18.6. The molecule has 2 amide bonds. The molecule has 140 valence electrons. The highest BCUT2D eigenvalue weighted by Crippen LogP contribution is 2.19. The summed E-state index contributed by atoms with van der Waals surface area (Å²) in [5, 5.41) is 11.9. The second kappa shape index (κ2) is 8.04. The quantitative estimate of drug-likeness (QED) is 0.900. The molecular formula is C20H21FN4O2. The lowest BCUT2D eigenvalue weighted by atomic mass is 9.97. The lowest BCUT2D eigenvalue weighted by Gasteiger charge is -2.33. The molecule has 6 nitrogen and oxygen atoms in total. The van der Waals surface area contributed by atoms with Gasteiger partial charge in [-0.25, -0.2) is 4.39 Å². The van der Waals surface area contributed by atoms with Crippen LogP contribution in [0.4, 0.5) is 4.39 Å². The van der Waals surface area contributed by atoms with E-state index in [-0.39, 0.29) is 23.5 Å². The van der Waals surface area contributed by atoms with Gasteiger partial charge in [0.15, 0.2) is 0 Å². The zero-order valence-corrected chi connectivity index (χ0v) is 15.1. The van der Waals surface area contributed by atoms with Crippen LogP contribution in [0.2, 0.25) is 0 Å². The second-order valence-corrected chi connectivity index (χ2v) is 6.81. The van der Waals surface area contributed by atoms with Crippen molar-refractivity contribution >= 4 is 11.8 Å². The highest BCUT2D eigenvalue weighted by atomic mass is 19.1. The van der Waals surface area contributed by atoms with Crippen LogP contribution in [0.3, 0.4) is 0 Å². The summed E-state index contributed by atoms with van der Waals surface area (Å²) in [6.45, 7) is 1.67. The maximum absolute atomic E-state index is 12.9. The minimum Gasteiger partial charge on any atom is -0.352 e. The van der Waals surface area contributed by atoms with Gasteiger partial charge < -0.3 is 14.8 Å². The van der Waals surface area contributed by atoms with Crippen LogP contribution in [-0.4, -0.2) is 40.9 Å². The van der Waals surface area contributed by atoms with Crippen LogP contribution in [-0.2, 0) is 7.05 Å². The number of hydrogen-bond acceptors (Lipinski definition) is 3. The van der Waals surface area contributed by atoms with Gasteiger partial charge in [-0.1, -0.05) is 0 Å². The fraction of sp³-hybridized carbons (Fsp3) is 0.350. The molecule has 1 N–H and O–H groups in total. The molecule has 2 heterocycles. The predicted molar refractivity (Wildman–Crippen MR) is 97.5 cm³/mol. The number of nitrogens with one attached hydrogen (secondary N) is 1. The molecule has 1 atom stereocenters. The van der Waals surface area contributed by atoms with Crippen molar-refractivity contribution in [3.63, 3.8) is 0 Å². The Hall–Kier alpha value is -3.14. The Bertz CT molecular complexity index is 882. The van der Waals surface area contributed by atoms with Gasteiger partial charge in [0, 0.05) is 38.4 Å². The van der Waals surface area contributed by atoms with Crippen LogP contribution in [0.15, 0.2) is 36.5 Å². The molecule has 0 spiro atoms. The van der Waals surface area contributed by atoms with Crippen molar-refractivity contribution in [3.8, 4) is 6.07 Å². The van der Waals surface area contributed by atoms with Crippen LogP contribution in [0.25, 0.3) is 0 Å². The number of amides is 2. The average molecular weight is 368 g/mol. The molecule has 2 aromatic rings. The van der Waals surface area contributed by atoms with E-state index in [4.69, 9.17) is 5.26 Å². The van der Waals surface area contributed by atoms with Crippen LogP contribution in [0.5, 0.6) is 0 Å². The summed E-state index contributed by atoms with van der Waals surface area (Å²) in [6, 6.07) is 9.05. The number of rotatable bonds is 4. The lowest BCUT2D eigenvalue weighted by molar-refractivity contribution is 0.0661. The number of nitriles is 1. The molecule has 1 aliphatic heterocycles. The van der Waals surface area contributed by atoms with Crippen molar-refractivity contribution in [2.45, 2.75) is 12.8 Å². The molecule has 3 rings (SSSR count). The van der Waals surface area contributed by atoms with Gasteiger partial charge in [0.1, 0.15) is 17.6 Å². The van der Waals surface area contributed by atoms with E-state index in [0.29, 0.717) is 36.5 Å². The highest BCUT2D eigenvalue weighted by molar-refractivity contribution is 5.94. The molecule has 27 heavy (non-hydrogen) atoms. The first-order valence-electron chi connectivity index (χ1n) is 8.87. The van der Waals surface area contributed by atoms with E-state index in [2.05, 4.69) is 5.32 Å². The second-order valence-electron chi connectivity index (χ2n) is 6.81. The third kappa shape index (κ3) is 4.34. The molecule has 1 fully saturated rings. The SMILES string of the molecule is Cn1cc(C#N)cc1C(=O)N1CCC[C@@H](CNC(=O)c2ccc(F)cc2)C1. The number of benzene rings is 1. The first-order chi connectivity index (χ1) is 13.0. The zero-order chi connectivity index (χ0) is 19.4. The minimum absolute atomic E-state index is 0.103. The van der Waals surface area contributed by atoms with Crippen molar-refractivity contribution in [2.75, 3.05) is 19.6 Å². The Kier molecular flexibility index (Phi) is 5.55. The van der Waals surface area contributed by atoms with Gasteiger partial charge in [0.25, 0.3) is 11.8 Å². The largest absolute Gasteiger partial charge is 0.352 e. The summed E-state index contributed by atoms with van der Waals surface area (Å²) in [5.74, 6) is -0.580. The van der Waals surface area contributed by atoms with E-state index >= 15 is 0 Å². The number of aromatic nitrogens is 1. The predicted octanol–water partition coefficient (Wildman–Crippen LogP) is 2.32. The molecule has 0 bridgehead atoms. The Balaban J connectivity index is 1.58. The Morgan fingerprint density at radius 2 is 2.07 bits per heavy atom. The number of nitrogens with zero attached hydrogens (tertiary/aromatic N) is 3. The highest BCUT2D eigenvalue weighted by Gasteiger charge is 2.26. The lowest BCUT2D eigenvalue weighted by Crippen LogP contribution is -2.44. The van der Waals surface area contributed by atoms with Crippen molar-refractivity contribution in [1.29, 1.82) is 5.26 Å².